The van der Waals surface area contributed by atoms with E-state index in [-0.39, 0.29) is 23.5 Å². The number of thioether (sulfide) groups is 1. The van der Waals surface area contributed by atoms with Crippen LogP contribution >= 0.6 is 11.8 Å². The van der Waals surface area contributed by atoms with Gasteiger partial charge in [-0.1, -0.05) is 37.7 Å². The van der Waals surface area contributed by atoms with E-state index in [0.29, 0.717) is 16.7 Å². The molecule has 0 spiro atoms. The SMILES string of the molecule is COc1ccc(NC(=O)CSC2=Nc3ccccc3C3=N[C@H](C(C)C)C(=O)N23)cc1. The number of methoxy groups -OCH3 is 1. The van der Waals surface area contributed by atoms with E-state index >= 15 is 0 Å². The number of carbonyl (C=O) groups excluding carboxylic acids is 2. The van der Waals surface area contributed by atoms with Crippen LogP contribution in [0, 0.1) is 5.92 Å². The average molecular weight is 423 g/mol. The number of aliphatic imine (C=N–C) groups is 2. The Morgan fingerprint density at radius 1 is 1.20 bits per heavy atom. The predicted octanol–water partition coefficient (Wildman–Crippen LogP) is 3.68. The molecule has 0 aromatic heterocycles. The van der Waals surface area contributed by atoms with Crippen LogP contribution in [0.1, 0.15) is 19.4 Å². The number of nitrogens with one attached hydrogen (secondary N) is 1. The van der Waals surface area contributed by atoms with Gasteiger partial charge < -0.3 is 10.1 Å². The van der Waals surface area contributed by atoms with Gasteiger partial charge in [-0.25, -0.2) is 9.89 Å². The van der Waals surface area contributed by atoms with Crippen molar-refractivity contribution < 1.29 is 14.3 Å². The number of hydrogen-bond donors (Lipinski definition) is 1. The van der Waals surface area contributed by atoms with Gasteiger partial charge in [0.05, 0.1) is 18.6 Å². The van der Waals surface area contributed by atoms with Crippen LogP contribution < -0.4 is 10.1 Å². The number of para-hydroxylation sites is 1. The molecule has 0 fully saturated rings. The first-order chi connectivity index (χ1) is 14.5. The maximum atomic E-state index is 13.0. The van der Waals surface area contributed by atoms with Crippen LogP contribution in [0.4, 0.5) is 11.4 Å². The molecule has 0 bridgehead atoms. The Morgan fingerprint density at radius 3 is 2.63 bits per heavy atom. The molecule has 1 atom stereocenters. The fourth-order valence-electron chi connectivity index (χ4n) is 3.30. The number of fused-ring (bicyclic) bond motifs is 3. The maximum absolute atomic E-state index is 13.0. The third-order valence-electron chi connectivity index (χ3n) is 4.84. The molecule has 0 saturated heterocycles. The molecule has 0 radical (unpaired) electrons. The van der Waals surface area contributed by atoms with Crippen molar-refractivity contribution in [3.63, 3.8) is 0 Å². The van der Waals surface area contributed by atoms with Crippen LogP contribution in [0.25, 0.3) is 0 Å². The van der Waals surface area contributed by atoms with Crippen molar-refractivity contribution in [2.75, 3.05) is 18.2 Å². The highest BCUT2D eigenvalue weighted by atomic mass is 32.2. The predicted molar refractivity (Wildman–Crippen MR) is 120 cm³/mol. The lowest BCUT2D eigenvalue weighted by molar-refractivity contribution is -0.125. The molecular weight excluding hydrogens is 400 g/mol. The molecule has 2 heterocycles. The maximum Gasteiger partial charge on any atom is 0.259 e. The minimum absolute atomic E-state index is 0.0763. The lowest BCUT2D eigenvalue weighted by atomic mass is 10.1. The van der Waals surface area contributed by atoms with Crippen molar-refractivity contribution in [2.45, 2.75) is 19.9 Å². The second-order valence-electron chi connectivity index (χ2n) is 7.29. The molecule has 2 amide bonds. The van der Waals surface area contributed by atoms with Gasteiger partial charge in [0.2, 0.25) is 5.91 Å². The highest BCUT2D eigenvalue weighted by Crippen LogP contribution is 2.34. The highest BCUT2D eigenvalue weighted by Gasteiger charge is 2.42. The van der Waals surface area contributed by atoms with Gasteiger partial charge in [0, 0.05) is 11.3 Å². The van der Waals surface area contributed by atoms with Gasteiger partial charge >= 0.3 is 0 Å². The first-order valence-corrected chi connectivity index (χ1v) is 10.6. The smallest absolute Gasteiger partial charge is 0.259 e. The van der Waals surface area contributed by atoms with E-state index in [4.69, 9.17) is 4.74 Å². The van der Waals surface area contributed by atoms with Crippen LogP contribution in [0.5, 0.6) is 5.75 Å². The van der Waals surface area contributed by atoms with Gasteiger partial charge in [-0.2, -0.15) is 0 Å². The van der Waals surface area contributed by atoms with E-state index in [9.17, 15) is 9.59 Å². The monoisotopic (exact) mass is 422 g/mol. The van der Waals surface area contributed by atoms with Crippen LogP contribution in [0.2, 0.25) is 0 Å². The lowest BCUT2D eigenvalue weighted by Gasteiger charge is -2.25. The van der Waals surface area contributed by atoms with Gasteiger partial charge in [0.15, 0.2) is 5.17 Å². The first kappa shape index (κ1) is 20.2. The first-order valence-electron chi connectivity index (χ1n) is 9.64. The van der Waals surface area contributed by atoms with Crippen molar-refractivity contribution in [1.82, 2.24) is 4.90 Å². The quantitative estimate of drug-likeness (QED) is 0.797. The summed E-state index contributed by atoms with van der Waals surface area (Å²) in [6, 6.07) is 14.3. The minimum atomic E-state index is -0.440. The third-order valence-corrected chi connectivity index (χ3v) is 5.78. The van der Waals surface area contributed by atoms with E-state index in [2.05, 4.69) is 15.3 Å². The van der Waals surface area contributed by atoms with Gasteiger partial charge in [0.1, 0.15) is 17.6 Å². The number of amides is 2. The molecule has 7 nitrogen and oxygen atoms in total. The number of benzene rings is 2. The molecule has 0 aliphatic carbocycles. The summed E-state index contributed by atoms with van der Waals surface area (Å²) < 4.78 is 5.12. The topological polar surface area (TPSA) is 83.4 Å². The summed E-state index contributed by atoms with van der Waals surface area (Å²) in [7, 11) is 1.59. The van der Waals surface area contributed by atoms with Crippen molar-refractivity contribution in [1.29, 1.82) is 0 Å². The number of anilines is 1. The van der Waals surface area contributed by atoms with E-state index in [1.165, 1.54) is 11.8 Å². The fraction of sp³-hybridized carbons (Fsp3) is 0.273. The number of hydrogen-bond acceptors (Lipinski definition) is 6. The molecular formula is C22H22N4O3S. The molecule has 30 heavy (non-hydrogen) atoms. The van der Waals surface area contributed by atoms with Crippen LogP contribution in [0.3, 0.4) is 0 Å². The van der Waals surface area contributed by atoms with E-state index < -0.39 is 6.04 Å². The van der Waals surface area contributed by atoms with Crippen LogP contribution in [-0.4, -0.2) is 46.6 Å². The average Bonchev–Trinajstić information content (AvgIpc) is 3.11. The number of nitrogens with zero attached hydrogens (tertiary/aromatic N) is 3. The Balaban J connectivity index is 1.52. The Hall–Kier alpha value is -3.13. The molecule has 4 rings (SSSR count). The second-order valence-corrected chi connectivity index (χ2v) is 8.23. The largest absolute Gasteiger partial charge is 0.497 e. The number of ether oxygens (including phenoxy) is 1. The number of rotatable bonds is 5. The fourth-order valence-corrected chi connectivity index (χ4v) is 4.10. The summed E-state index contributed by atoms with van der Waals surface area (Å²) >= 11 is 1.23. The molecule has 0 unspecified atom stereocenters. The van der Waals surface area contributed by atoms with E-state index in [1.54, 1.807) is 36.3 Å². The minimum Gasteiger partial charge on any atom is -0.497 e. The summed E-state index contributed by atoms with van der Waals surface area (Å²) in [5.74, 6) is 1.25. The third kappa shape index (κ3) is 3.82. The molecule has 2 aromatic carbocycles. The number of carbonyl (C=O) groups is 2. The lowest BCUT2D eigenvalue weighted by Crippen LogP contribution is -2.42. The van der Waals surface area contributed by atoms with Crippen LogP contribution in [0.15, 0.2) is 58.5 Å². The van der Waals surface area contributed by atoms with Gasteiger partial charge in [-0.05, 0) is 42.3 Å². The molecule has 2 aliphatic rings. The Morgan fingerprint density at radius 2 is 1.93 bits per heavy atom. The Bertz CT molecular complexity index is 1050. The van der Waals surface area contributed by atoms with E-state index in [1.807, 2.05) is 38.1 Å². The van der Waals surface area contributed by atoms with Crippen molar-refractivity contribution in [3.8, 4) is 5.75 Å². The normalized spacial score (nSPS) is 17.3. The van der Waals surface area contributed by atoms with Gasteiger partial charge in [-0.15, -0.1) is 0 Å². The Labute approximate surface area is 179 Å². The second kappa shape index (κ2) is 8.31. The summed E-state index contributed by atoms with van der Waals surface area (Å²) in [6.45, 7) is 3.95. The van der Waals surface area contributed by atoms with Gasteiger partial charge in [0.25, 0.3) is 5.91 Å². The highest BCUT2D eigenvalue weighted by molar-refractivity contribution is 8.14. The van der Waals surface area contributed by atoms with Crippen molar-refractivity contribution in [2.24, 2.45) is 15.9 Å². The molecule has 154 valence electrons. The zero-order chi connectivity index (χ0) is 21.3. The molecule has 0 saturated carbocycles. The van der Waals surface area contributed by atoms with Gasteiger partial charge in [-0.3, -0.25) is 14.6 Å². The standard InChI is InChI=1S/C22H22N4O3S/c1-13(2)19-21(28)26-20(25-19)16-6-4-5-7-17(16)24-22(26)30-12-18(27)23-14-8-10-15(29-3)11-9-14/h4-11,13,19H,12H2,1-3H3,(H,23,27)/t19-/m1/s1. The molecule has 2 aliphatic heterocycles. The summed E-state index contributed by atoms with van der Waals surface area (Å²) in [4.78, 5) is 36.3. The Kier molecular flexibility index (Phi) is 5.59. The number of amidine groups is 2. The summed E-state index contributed by atoms with van der Waals surface area (Å²) in [5, 5.41) is 3.32. The summed E-state index contributed by atoms with van der Waals surface area (Å²) in [5.41, 5.74) is 2.26. The van der Waals surface area contributed by atoms with Crippen molar-refractivity contribution in [3.05, 3.63) is 54.1 Å². The van der Waals surface area contributed by atoms with E-state index in [0.717, 1.165) is 17.0 Å². The zero-order valence-electron chi connectivity index (χ0n) is 17.0. The zero-order valence-corrected chi connectivity index (χ0v) is 17.8. The van der Waals surface area contributed by atoms with Crippen LogP contribution in [-0.2, 0) is 9.59 Å². The molecule has 1 N–H and O–H groups in total. The molecule has 2 aromatic rings. The van der Waals surface area contributed by atoms with Crippen molar-refractivity contribution >= 4 is 46.0 Å². The molecule has 8 heteroatoms. The summed E-state index contributed by atoms with van der Waals surface area (Å²) in [6.07, 6.45) is 0.